The van der Waals surface area contributed by atoms with Crippen molar-refractivity contribution in [3.05, 3.63) is 65.0 Å². The maximum absolute atomic E-state index is 11.7. The van der Waals surface area contributed by atoms with Crippen molar-refractivity contribution in [1.82, 2.24) is 4.98 Å². The van der Waals surface area contributed by atoms with E-state index in [-0.39, 0.29) is 5.56 Å². The van der Waals surface area contributed by atoms with Crippen LogP contribution in [0.4, 0.5) is 0 Å². The number of methoxy groups -OCH3 is 1. The third-order valence-corrected chi connectivity index (χ3v) is 3.00. The number of H-pyrrole nitrogens is 1. The van der Waals surface area contributed by atoms with Crippen molar-refractivity contribution in [2.75, 3.05) is 7.11 Å². The van der Waals surface area contributed by atoms with Gasteiger partial charge in [0.2, 0.25) is 0 Å². The summed E-state index contributed by atoms with van der Waals surface area (Å²) in [5.74, 6) is 1.71. The molecular formula is C16H13NO3. The third-order valence-electron chi connectivity index (χ3n) is 3.00. The molecule has 0 atom stereocenters. The molecule has 0 saturated carbocycles. The number of aromatic amines is 1. The lowest BCUT2D eigenvalue weighted by Gasteiger charge is -2.11. The molecule has 0 amide bonds. The van der Waals surface area contributed by atoms with E-state index in [9.17, 15) is 4.79 Å². The SMILES string of the molecule is COc1ccccc1Oc1cc(=O)[nH]c2ccccc12. The Morgan fingerprint density at radius 2 is 1.60 bits per heavy atom. The van der Waals surface area contributed by atoms with Gasteiger partial charge >= 0.3 is 0 Å². The number of pyridine rings is 1. The minimum Gasteiger partial charge on any atom is -0.493 e. The number of ether oxygens (including phenoxy) is 2. The van der Waals surface area contributed by atoms with Gasteiger partial charge in [-0.15, -0.1) is 0 Å². The van der Waals surface area contributed by atoms with Gasteiger partial charge in [-0.2, -0.15) is 0 Å². The monoisotopic (exact) mass is 267 g/mol. The van der Waals surface area contributed by atoms with Gasteiger partial charge < -0.3 is 14.5 Å². The van der Waals surface area contributed by atoms with Crippen molar-refractivity contribution in [2.45, 2.75) is 0 Å². The van der Waals surface area contributed by atoms with Gasteiger partial charge in [-0.25, -0.2) is 0 Å². The largest absolute Gasteiger partial charge is 0.493 e. The second-order valence-electron chi connectivity index (χ2n) is 4.30. The van der Waals surface area contributed by atoms with Crippen molar-refractivity contribution in [2.24, 2.45) is 0 Å². The standard InChI is InChI=1S/C16H13NO3/c1-19-13-8-4-5-9-14(13)20-15-10-16(18)17-12-7-3-2-6-11(12)15/h2-10H,1H3,(H,17,18). The number of hydrogen-bond donors (Lipinski definition) is 1. The summed E-state index contributed by atoms with van der Waals surface area (Å²) in [7, 11) is 1.58. The van der Waals surface area contributed by atoms with Gasteiger partial charge in [-0.1, -0.05) is 24.3 Å². The van der Waals surface area contributed by atoms with Gasteiger partial charge in [0.15, 0.2) is 11.5 Å². The summed E-state index contributed by atoms with van der Waals surface area (Å²) >= 11 is 0. The second-order valence-corrected chi connectivity index (χ2v) is 4.30. The number of para-hydroxylation sites is 3. The van der Waals surface area contributed by atoms with Crippen molar-refractivity contribution in [3.8, 4) is 17.2 Å². The van der Waals surface area contributed by atoms with Crippen LogP contribution >= 0.6 is 0 Å². The zero-order valence-electron chi connectivity index (χ0n) is 10.9. The minimum atomic E-state index is -0.200. The van der Waals surface area contributed by atoms with E-state index < -0.39 is 0 Å². The van der Waals surface area contributed by atoms with Crippen LogP contribution in [-0.2, 0) is 0 Å². The van der Waals surface area contributed by atoms with E-state index in [4.69, 9.17) is 9.47 Å². The summed E-state index contributed by atoms with van der Waals surface area (Å²) in [5, 5.41) is 0.845. The van der Waals surface area contributed by atoms with Gasteiger partial charge in [0.05, 0.1) is 12.6 Å². The van der Waals surface area contributed by atoms with Crippen molar-refractivity contribution < 1.29 is 9.47 Å². The second kappa shape index (κ2) is 5.09. The molecule has 1 N–H and O–H groups in total. The van der Waals surface area contributed by atoms with Crippen LogP contribution in [-0.4, -0.2) is 12.1 Å². The number of rotatable bonds is 3. The van der Waals surface area contributed by atoms with Gasteiger partial charge in [0, 0.05) is 11.5 Å². The molecule has 20 heavy (non-hydrogen) atoms. The molecule has 3 aromatic rings. The van der Waals surface area contributed by atoms with Crippen molar-refractivity contribution in [3.63, 3.8) is 0 Å². The average Bonchev–Trinajstić information content (AvgIpc) is 2.47. The van der Waals surface area contributed by atoms with Crippen LogP contribution in [0.3, 0.4) is 0 Å². The van der Waals surface area contributed by atoms with Crippen LogP contribution in [0.15, 0.2) is 59.4 Å². The molecule has 1 aromatic heterocycles. The molecule has 0 aliphatic rings. The van der Waals surface area contributed by atoms with Gasteiger partial charge in [-0.3, -0.25) is 4.79 Å². The molecule has 2 aromatic carbocycles. The quantitative estimate of drug-likeness (QED) is 0.792. The van der Waals surface area contributed by atoms with Gasteiger partial charge in [0.1, 0.15) is 5.75 Å². The fourth-order valence-corrected chi connectivity index (χ4v) is 2.08. The van der Waals surface area contributed by atoms with E-state index in [1.54, 1.807) is 13.2 Å². The highest BCUT2D eigenvalue weighted by Gasteiger charge is 2.08. The first-order valence-corrected chi connectivity index (χ1v) is 6.21. The Labute approximate surface area is 115 Å². The number of hydrogen-bond acceptors (Lipinski definition) is 3. The Hall–Kier alpha value is -2.75. The molecule has 100 valence electrons. The van der Waals surface area contributed by atoms with E-state index >= 15 is 0 Å². The van der Waals surface area contributed by atoms with Crippen molar-refractivity contribution in [1.29, 1.82) is 0 Å². The molecule has 0 fully saturated rings. The highest BCUT2D eigenvalue weighted by molar-refractivity contribution is 5.85. The van der Waals surface area contributed by atoms with E-state index in [0.717, 1.165) is 10.9 Å². The summed E-state index contributed by atoms with van der Waals surface area (Å²) in [6.45, 7) is 0. The third kappa shape index (κ3) is 2.23. The smallest absolute Gasteiger partial charge is 0.252 e. The predicted octanol–water partition coefficient (Wildman–Crippen LogP) is 3.33. The fourth-order valence-electron chi connectivity index (χ4n) is 2.08. The van der Waals surface area contributed by atoms with Crippen LogP contribution in [0.2, 0.25) is 0 Å². The maximum atomic E-state index is 11.7. The Balaban J connectivity index is 2.13. The van der Waals surface area contributed by atoms with Crippen LogP contribution in [0, 0.1) is 0 Å². The molecule has 0 aliphatic heterocycles. The Kier molecular flexibility index (Phi) is 3.13. The van der Waals surface area contributed by atoms with Crippen molar-refractivity contribution >= 4 is 10.9 Å². The van der Waals surface area contributed by atoms with Gasteiger partial charge in [0.25, 0.3) is 5.56 Å². The van der Waals surface area contributed by atoms with E-state index in [0.29, 0.717) is 17.2 Å². The zero-order chi connectivity index (χ0) is 13.9. The maximum Gasteiger partial charge on any atom is 0.252 e. The first-order chi connectivity index (χ1) is 9.78. The molecule has 3 rings (SSSR count). The van der Waals surface area contributed by atoms with E-state index in [1.807, 2.05) is 42.5 Å². The average molecular weight is 267 g/mol. The van der Waals surface area contributed by atoms with Gasteiger partial charge in [-0.05, 0) is 24.3 Å². The normalized spacial score (nSPS) is 10.4. The Morgan fingerprint density at radius 3 is 2.40 bits per heavy atom. The molecule has 0 unspecified atom stereocenters. The summed E-state index contributed by atoms with van der Waals surface area (Å²) < 4.78 is 11.1. The topological polar surface area (TPSA) is 51.3 Å². The van der Waals surface area contributed by atoms with E-state index in [2.05, 4.69) is 4.98 Å². The Morgan fingerprint density at radius 1 is 0.900 bits per heavy atom. The summed E-state index contributed by atoms with van der Waals surface area (Å²) in [5.41, 5.74) is 0.540. The molecular weight excluding hydrogens is 254 g/mol. The summed E-state index contributed by atoms with van der Waals surface area (Å²) in [4.78, 5) is 14.5. The number of aromatic nitrogens is 1. The molecule has 0 saturated heterocycles. The number of benzene rings is 2. The highest BCUT2D eigenvalue weighted by atomic mass is 16.5. The molecule has 0 radical (unpaired) electrons. The lowest BCUT2D eigenvalue weighted by atomic mass is 10.2. The first-order valence-electron chi connectivity index (χ1n) is 6.21. The van der Waals surface area contributed by atoms with Crippen LogP contribution in [0.25, 0.3) is 10.9 Å². The molecule has 0 aliphatic carbocycles. The summed E-state index contributed by atoms with van der Waals surface area (Å²) in [6, 6.07) is 16.3. The predicted molar refractivity (Wildman–Crippen MR) is 77.6 cm³/mol. The number of fused-ring (bicyclic) bond motifs is 1. The van der Waals surface area contributed by atoms with Crippen LogP contribution in [0.1, 0.15) is 0 Å². The molecule has 4 heteroatoms. The fraction of sp³-hybridized carbons (Fsp3) is 0.0625. The highest BCUT2D eigenvalue weighted by Crippen LogP contribution is 2.33. The summed E-state index contributed by atoms with van der Waals surface area (Å²) in [6.07, 6.45) is 0. The van der Waals surface area contributed by atoms with Crippen LogP contribution < -0.4 is 15.0 Å². The lowest BCUT2D eigenvalue weighted by molar-refractivity contribution is 0.380. The molecule has 0 spiro atoms. The molecule has 1 heterocycles. The van der Waals surface area contributed by atoms with E-state index in [1.165, 1.54) is 6.07 Å². The molecule has 4 nitrogen and oxygen atoms in total. The van der Waals surface area contributed by atoms with Crippen LogP contribution in [0.5, 0.6) is 17.2 Å². The Bertz CT molecular complexity index is 808. The first kappa shape index (κ1) is 12.3. The zero-order valence-corrected chi connectivity index (χ0v) is 10.9. The minimum absolute atomic E-state index is 0.200. The number of nitrogens with one attached hydrogen (secondary N) is 1. The molecule has 0 bridgehead atoms. The lowest BCUT2D eigenvalue weighted by Crippen LogP contribution is -2.04.